The van der Waals surface area contributed by atoms with Crippen LogP contribution in [0.15, 0.2) is 0 Å². The van der Waals surface area contributed by atoms with E-state index in [0.29, 0.717) is 0 Å². The van der Waals surface area contributed by atoms with Crippen LogP contribution in [0.5, 0.6) is 0 Å². The normalized spacial score (nSPS) is 31.5. The first-order valence-electron chi connectivity index (χ1n) is 22.4. The second kappa shape index (κ2) is 24.3. The van der Waals surface area contributed by atoms with Gasteiger partial charge in [0.1, 0.15) is 0 Å². The molecule has 6 atom stereocenters. The highest BCUT2D eigenvalue weighted by Gasteiger charge is 2.28. The zero-order chi connectivity index (χ0) is 36.6. The molecule has 0 spiro atoms. The minimum atomic E-state index is 0.909. The van der Waals surface area contributed by atoms with Gasteiger partial charge in [0.2, 0.25) is 0 Å². The molecule has 0 aromatic heterocycles. The standard InChI is InChI=1S/4C12H24/c1-9(2)11-5-7-12(8-6-11)10(3)4;3*1-9(2)11-6-5-7-12(8-11)10(3)4/h4*9-12H,5-8H2,1-4H3. The summed E-state index contributed by atoms with van der Waals surface area (Å²) in [5.41, 5.74) is 0. The van der Waals surface area contributed by atoms with Crippen molar-refractivity contribution in [2.75, 3.05) is 0 Å². The fourth-order valence-electron chi connectivity index (χ4n) is 9.91. The van der Waals surface area contributed by atoms with Gasteiger partial charge in [-0.3, -0.25) is 0 Å². The Bertz CT molecular complexity index is 610. The zero-order valence-corrected chi connectivity index (χ0v) is 36.6. The highest BCUT2D eigenvalue weighted by atomic mass is 14.3. The van der Waals surface area contributed by atoms with Crippen LogP contribution in [0.25, 0.3) is 0 Å². The third-order valence-corrected chi connectivity index (χ3v) is 14.6. The second-order valence-electron chi connectivity index (χ2n) is 20.7. The summed E-state index contributed by atoms with van der Waals surface area (Å²) in [4.78, 5) is 0. The Balaban J connectivity index is 0.000000320. The van der Waals surface area contributed by atoms with Crippen LogP contribution in [0, 0.1) is 94.7 Å². The Labute approximate surface area is 307 Å². The summed E-state index contributed by atoms with van der Waals surface area (Å²) in [6.07, 6.45) is 23.8. The molecule has 0 amide bonds. The Morgan fingerprint density at radius 2 is 0.354 bits per heavy atom. The second-order valence-corrected chi connectivity index (χ2v) is 20.7. The summed E-state index contributed by atoms with van der Waals surface area (Å²) in [6, 6.07) is 0. The number of rotatable bonds is 8. The largest absolute Gasteiger partial charge is 0.0625 e. The lowest BCUT2D eigenvalue weighted by Crippen LogP contribution is -2.22. The first kappa shape index (κ1) is 46.0. The summed E-state index contributed by atoms with van der Waals surface area (Å²) in [5, 5.41) is 0. The van der Waals surface area contributed by atoms with Crippen LogP contribution in [-0.2, 0) is 0 Å². The van der Waals surface area contributed by atoms with Gasteiger partial charge in [-0.1, -0.05) is 169 Å². The van der Waals surface area contributed by atoms with Gasteiger partial charge >= 0.3 is 0 Å². The van der Waals surface area contributed by atoms with Gasteiger partial charge in [-0.25, -0.2) is 0 Å². The lowest BCUT2D eigenvalue weighted by molar-refractivity contribution is 0.177. The molecule has 4 saturated carbocycles. The van der Waals surface area contributed by atoms with E-state index in [9.17, 15) is 0 Å². The molecular formula is C48H96. The van der Waals surface area contributed by atoms with Crippen molar-refractivity contribution in [3.05, 3.63) is 0 Å². The molecule has 6 unspecified atom stereocenters. The lowest BCUT2D eigenvalue weighted by atomic mass is 9.72. The fourth-order valence-corrected chi connectivity index (χ4v) is 9.91. The monoisotopic (exact) mass is 673 g/mol. The molecule has 4 rings (SSSR count). The molecule has 0 nitrogen and oxygen atoms in total. The predicted molar refractivity (Wildman–Crippen MR) is 220 cm³/mol. The molecule has 0 aromatic carbocycles. The van der Waals surface area contributed by atoms with E-state index in [-0.39, 0.29) is 0 Å². The maximum absolute atomic E-state index is 2.38. The van der Waals surface area contributed by atoms with Gasteiger partial charge in [0.15, 0.2) is 0 Å². The quantitative estimate of drug-likeness (QED) is 0.241. The van der Waals surface area contributed by atoms with Crippen molar-refractivity contribution in [1.29, 1.82) is 0 Å². The predicted octanol–water partition coefficient (Wildman–Crippen LogP) is 16.4. The van der Waals surface area contributed by atoms with E-state index in [2.05, 4.69) is 111 Å². The van der Waals surface area contributed by atoms with Gasteiger partial charge in [-0.05, 0) is 140 Å². The van der Waals surface area contributed by atoms with Crippen molar-refractivity contribution >= 4 is 0 Å². The molecular weight excluding hydrogens is 577 g/mol. The van der Waals surface area contributed by atoms with Crippen LogP contribution in [-0.4, -0.2) is 0 Å². The highest BCUT2D eigenvalue weighted by Crippen LogP contribution is 2.39. The maximum Gasteiger partial charge on any atom is -0.0388 e. The molecule has 0 N–H and O–H groups in total. The van der Waals surface area contributed by atoms with Crippen molar-refractivity contribution in [2.24, 2.45) is 94.7 Å². The zero-order valence-electron chi connectivity index (χ0n) is 36.6. The van der Waals surface area contributed by atoms with Gasteiger partial charge in [0.25, 0.3) is 0 Å². The van der Waals surface area contributed by atoms with Crippen LogP contribution in [0.2, 0.25) is 0 Å². The summed E-state index contributed by atoms with van der Waals surface area (Å²) in [7, 11) is 0. The average Bonchev–Trinajstić information content (AvgIpc) is 3.05. The van der Waals surface area contributed by atoms with Crippen molar-refractivity contribution in [2.45, 2.75) is 214 Å². The first-order valence-corrected chi connectivity index (χ1v) is 22.4. The minimum absolute atomic E-state index is 0.909. The minimum Gasteiger partial charge on any atom is -0.0625 e. The Morgan fingerprint density at radius 3 is 0.479 bits per heavy atom. The van der Waals surface area contributed by atoms with Crippen LogP contribution in [0.4, 0.5) is 0 Å². The molecule has 288 valence electrons. The molecule has 4 aliphatic rings. The van der Waals surface area contributed by atoms with Crippen molar-refractivity contribution in [1.82, 2.24) is 0 Å². The third-order valence-electron chi connectivity index (χ3n) is 14.6. The lowest BCUT2D eigenvalue weighted by Gasteiger charge is -2.33. The van der Waals surface area contributed by atoms with E-state index >= 15 is 0 Å². The molecule has 0 heterocycles. The summed E-state index contributed by atoms with van der Waals surface area (Å²) >= 11 is 0. The fraction of sp³-hybridized carbons (Fsp3) is 1.00. The molecule has 0 aromatic rings. The van der Waals surface area contributed by atoms with Crippen molar-refractivity contribution < 1.29 is 0 Å². The van der Waals surface area contributed by atoms with Crippen LogP contribution in [0.3, 0.4) is 0 Å². The van der Waals surface area contributed by atoms with E-state index in [1.165, 1.54) is 103 Å². The van der Waals surface area contributed by atoms with Crippen LogP contribution in [0.1, 0.15) is 214 Å². The topological polar surface area (TPSA) is 0 Å². The van der Waals surface area contributed by atoms with Gasteiger partial charge < -0.3 is 0 Å². The van der Waals surface area contributed by atoms with Crippen LogP contribution >= 0.6 is 0 Å². The van der Waals surface area contributed by atoms with Gasteiger partial charge in [-0.15, -0.1) is 0 Å². The first-order chi connectivity index (χ1) is 22.4. The maximum atomic E-state index is 2.38. The van der Waals surface area contributed by atoms with E-state index in [4.69, 9.17) is 0 Å². The van der Waals surface area contributed by atoms with Gasteiger partial charge in [0.05, 0.1) is 0 Å². The molecule has 48 heavy (non-hydrogen) atoms. The molecule has 0 aliphatic heterocycles. The number of hydrogen-bond donors (Lipinski definition) is 0. The average molecular weight is 673 g/mol. The summed E-state index contributed by atoms with van der Waals surface area (Å²) < 4.78 is 0. The van der Waals surface area contributed by atoms with E-state index in [1.807, 2.05) is 0 Å². The highest BCUT2D eigenvalue weighted by molar-refractivity contribution is 4.79. The van der Waals surface area contributed by atoms with Gasteiger partial charge in [0, 0.05) is 0 Å². The Kier molecular flexibility index (Phi) is 23.3. The molecule has 0 radical (unpaired) electrons. The Hall–Kier alpha value is 0. The van der Waals surface area contributed by atoms with E-state index in [1.54, 1.807) is 0 Å². The third kappa shape index (κ3) is 18.0. The van der Waals surface area contributed by atoms with Crippen molar-refractivity contribution in [3.8, 4) is 0 Å². The smallest absolute Gasteiger partial charge is 0.0388 e. The molecule has 0 heteroatoms. The van der Waals surface area contributed by atoms with Gasteiger partial charge in [-0.2, -0.15) is 0 Å². The van der Waals surface area contributed by atoms with Crippen molar-refractivity contribution in [3.63, 3.8) is 0 Å². The van der Waals surface area contributed by atoms with Crippen LogP contribution < -0.4 is 0 Å². The number of hydrogen-bond acceptors (Lipinski definition) is 0. The SMILES string of the molecule is CC(C)C1CCC(C(C)C)CC1.CC(C)C1CCCC(C(C)C)C1.CC(C)C1CCCC(C(C)C)C1.CC(C)C1CCCC(C(C)C)C1. The molecule has 0 saturated heterocycles. The Morgan fingerprint density at radius 1 is 0.208 bits per heavy atom. The van der Waals surface area contributed by atoms with E-state index in [0.717, 1.165) is 94.7 Å². The van der Waals surface area contributed by atoms with E-state index < -0.39 is 0 Å². The molecule has 4 aliphatic carbocycles. The molecule has 0 bridgehead atoms. The summed E-state index contributed by atoms with van der Waals surface area (Å²) in [6.45, 7) is 38.1. The summed E-state index contributed by atoms with van der Waals surface area (Å²) in [5.74, 6) is 15.5. The molecule has 4 fully saturated rings.